The third kappa shape index (κ3) is 4.35. The van der Waals surface area contributed by atoms with Gasteiger partial charge in [-0.15, -0.1) is 0 Å². The van der Waals surface area contributed by atoms with Crippen LogP contribution < -0.4 is 21.1 Å². The fraction of sp³-hybridized carbons (Fsp3) is 0.500. The number of piperazine rings is 1. The first-order valence-electron chi connectivity index (χ1n) is 7.82. The van der Waals surface area contributed by atoms with Crippen LogP contribution in [0.1, 0.15) is 13.3 Å². The Labute approximate surface area is 136 Å². The Morgan fingerprint density at radius 1 is 1.22 bits per heavy atom. The molecular formula is C16H24N4O3. The number of ether oxygens (including phenoxy) is 1. The lowest BCUT2D eigenvalue weighted by Gasteiger charge is -2.37. The molecular weight excluding hydrogens is 296 g/mol. The summed E-state index contributed by atoms with van der Waals surface area (Å²) in [6.45, 7) is 5.07. The van der Waals surface area contributed by atoms with Crippen LogP contribution in [0.2, 0.25) is 0 Å². The van der Waals surface area contributed by atoms with E-state index in [1.165, 1.54) is 0 Å². The van der Waals surface area contributed by atoms with Crippen molar-refractivity contribution in [1.82, 2.24) is 4.90 Å². The fourth-order valence-electron chi connectivity index (χ4n) is 2.70. The standard InChI is InChI=1S/C16H24N4O3/c1-2-23-14-6-4-3-5-13(14)19-7-9-20(10-8-19)16(22)12(17)11-15(18)21/h3-6,12H,2,7-11,17H2,1H3,(H2,18,21). The number of nitrogens with two attached hydrogens (primary N) is 2. The molecule has 1 saturated heterocycles. The molecule has 1 fully saturated rings. The number of hydrogen-bond acceptors (Lipinski definition) is 5. The summed E-state index contributed by atoms with van der Waals surface area (Å²) in [6.07, 6.45) is -0.119. The average molecular weight is 320 g/mol. The van der Waals surface area contributed by atoms with E-state index in [1.54, 1.807) is 4.90 Å². The number of amides is 2. The molecule has 1 unspecified atom stereocenters. The third-order valence-electron chi connectivity index (χ3n) is 3.84. The van der Waals surface area contributed by atoms with Crippen LogP contribution in [0.3, 0.4) is 0 Å². The molecule has 2 amide bonds. The number of nitrogens with zero attached hydrogens (tertiary/aromatic N) is 2. The molecule has 4 N–H and O–H groups in total. The minimum atomic E-state index is -0.852. The minimum Gasteiger partial charge on any atom is -0.492 e. The topological polar surface area (TPSA) is 102 Å². The normalized spacial score (nSPS) is 16.1. The van der Waals surface area contributed by atoms with E-state index in [4.69, 9.17) is 16.2 Å². The van der Waals surface area contributed by atoms with E-state index < -0.39 is 11.9 Å². The van der Waals surface area contributed by atoms with Crippen molar-refractivity contribution in [1.29, 1.82) is 0 Å². The lowest BCUT2D eigenvalue weighted by Crippen LogP contribution is -2.53. The zero-order valence-corrected chi connectivity index (χ0v) is 13.4. The van der Waals surface area contributed by atoms with Gasteiger partial charge in [-0.05, 0) is 19.1 Å². The zero-order valence-electron chi connectivity index (χ0n) is 13.4. The van der Waals surface area contributed by atoms with Gasteiger partial charge in [0.1, 0.15) is 5.75 Å². The van der Waals surface area contributed by atoms with Gasteiger partial charge in [0.05, 0.1) is 24.8 Å². The van der Waals surface area contributed by atoms with Crippen molar-refractivity contribution in [2.45, 2.75) is 19.4 Å². The summed E-state index contributed by atoms with van der Waals surface area (Å²) in [5, 5.41) is 0. The molecule has 2 rings (SSSR count). The van der Waals surface area contributed by atoms with Gasteiger partial charge in [0.15, 0.2) is 0 Å². The third-order valence-corrected chi connectivity index (χ3v) is 3.84. The van der Waals surface area contributed by atoms with Crippen LogP contribution >= 0.6 is 0 Å². The molecule has 0 spiro atoms. The number of para-hydroxylation sites is 2. The molecule has 7 nitrogen and oxygen atoms in total. The molecule has 126 valence electrons. The van der Waals surface area contributed by atoms with Gasteiger partial charge in [-0.2, -0.15) is 0 Å². The average Bonchev–Trinajstić information content (AvgIpc) is 2.54. The van der Waals surface area contributed by atoms with Crippen LogP contribution in [0.4, 0.5) is 5.69 Å². The summed E-state index contributed by atoms with van der Waals surface area (Å²) >= 11 is 0. The van der Waals surface area contributed by atoms with Crippen LogP contribution in [0.15, 0.2) is 24.3 Å². The molecule has 0 saturated carbocycles. The maximum absolute atomic E-state index is 12.2. The number of carbonyl (C=O) groups excluding carboxylic acids is 2. The maximum Gasteiger partial charge on any atom is 0.240 e. The Balaban J connectivity index is 1.96. The van der Waals surface area contributed by atoms with Crippen LogP contribution in [0.25, 0.3) is 0 Å². The van der Waals surface area contributed by atoms with Gasteiger partial charge in [0.25, 0.3) is 0 Å². The lowest BCUT2D eigenvalue weighted by molar-refractivity contribution is -0.134. The predicted octanol–water partition coefficient (Wildman–Crippen LogP) is -0.0634. The number of rotatable bonds is 6. The van der Waals surface area contributed by atoms with E-state index in [0.717, 1.165) is 11.4 Å². The van der Waals surface area contributed by atoms with E-state index in [-0.39, 0.29) is 12.3 Å². The number of hydrogen-bond donors (Lipinski definition) is 2. The van der Waals surface area contributed by atoms with Crippen molar-refractivity contribution in [3.8, 4) is 5.75 Å². The summed E-state index contributed by atoms with van der Waals surface area (Å²) in [4.78, 5) is 27.0. The second-order valence-electron chi connectivity index (χ2n) is 5.49. The summed E-state index contributed by atoms with van der Waals surface area (Å²) < 4.78 is 5.65. The summed E-state index contributed by atoms with van der Waals surface area (Å²) in [5.74, 6) is 0.0666. The van der Waals surface area contributed by atoms with Gasteiger partial charge in [-0.25, -0.2) is 0 Å². The molecule has 0 bridgehead atoms. The minimum absolute atomic E-state index is 0.119. The van der Waals surface area contributed by atoms with Crippen LogP contribution in [0, 0.1) is 0 Å². The highest BCUT2D eigenvalue weighted by molar-refractivity contribution is 5.87. The van der Waals surface area contributed by atoms with Crippen molar-refractivity contribution >= 4 is 17.5 Å². The van der Waals surface area contributed by atoms with Gasteiger partial charge in [0.2, 0.25) is 11.8 Å². The molecule has 1 heterocycles. The number of primary amides is 1. The van der Waals surface area contributed by atoms with Crippen molar-refractivity contribution < 1.29 is 14.3 Å². The Hall–Kier alpha value is -2.28. The highest BCUT2D eigenvalue weighted by Gasteiger charge is 2.27. The first-order valence-corrected chi connectivity index (χ1v) is 7.82. The van der Waals surface area contributed by atoms with Gasteiger partial charge in [0, 0.05) is 26.2 Å². The first kappa shape index (κ1) is 17.1. The molecule has 7 heteroatoms. The maximum atomic E-state index is 12.2. The molecule has 1 aromatic carbocycles. The molecule has 1 aromatic rings. The quantitative estimate of drug-likeness (QED) is 0.764. The first-order chi connectivity index (χ1) is 11.0. The van der Waals surface area contributed by atoms with Crippen molar-refractivity contribution in [2.75, 3.05) is 37.7 Å². The van der Waals surface area contributed by atoms with Crippen molar-refractivity contribution in [2.24, 2.45) is 11.5 Å². The molecule has 23 heavy (non-hydrogen) atoms. The smallest absolute Gasteiger partial charge is 0.240 e. The monoisotopic (exact) mass is 320 g/mol. The van der Waals surface area contributed by atoms with Gasteiger partial charge < -0.3 is 26.0 Å². The molecule has 0 aliphatic carbocycles. The van der Waals surface area contributed by atoms with Crippen LogP contribution in [-0.4, -0.2) is 55.5 Å². The number of anilines is 1. The summed E-state index contributed by atoms with van der Waals surface area (Å²) in [7, 11) is 0. The largest absolute Gasteiger partial charge is 0.492 e. The molecule has 1 atom stereocenters. The van der Waals surface area contributed by atoms with E-state index >= 15 is 0 Å². The van der Waals surface area contributed by atoms with Crippen LogP contribution in [0.5, 0.6) is 5.75 Å². The zero-order chi connectivity index (χ0) is 16.8. The fourth-order valence-corrected chi connectivity index (χ4v) is 2.70. The summed E-state index contributed by atoms with van der Waals surface area (Å²) in [5.41, 5.74) is 11.9. The van der Waals surface area contributed by atoms with Crippen molar-refractivity contribution in [3.05, 3.63) is 24.3 Å². The molecule has 1 aliphatic heterocycles. The Bertz CT molecular complexity index is 556. The molecule has 0 aromatic heterocycles. The van der Waals surface area contributed by atoms with E-state index in [9.17, 15) is 9.59 Å². The lowest BCUT2D eigenvalue weighted by atomic mass is 10.1. The van der Waals surface area contributed by atoms with E-state index in [1.807, 2.05) is 31.2 Å². The highest BCUT2D eigenvalue weighted by atomic mass is 16.5. The second-order valence-corrected chi connectivity index (χ2v) is 5.49. The Morgan fingerprint density at radius 2 is 1.87 bits per heavy atom. The number of benzene rings is 1. The Kier molecular flexibility index (Phi) is 5.81. The highest BCUT2D eigenvalue weighted by Crippen LogP contribution is 2.28. The van der Waals surface area contributed by atoms with Gasteiger partial charge in [-0.3, -0.25) is 9.59 Å². The summed E-state index contributed by atoms with van der Waals surface area (Å²) in [6, 6.07) is 7.02. The predicted molar refractivity (Wildman–Crippen MR) is 88.2 cm³/mol. The van der Waals surface area contributed by atoms with Crippen LogP contribution in [-0.2, 0) is 9.59 Å². The van der Waals surface area contributed by atoms with Gasteiger partial charge >= 0.3 is 0 Å². The van der Waals surface area contributed by atoms with E-state index in [2.05, 4.69) is 4.90 Å². The number of carbonyl (C=O) groups is 2. The Morgan fingerprint density at radius 3 is 2.48 bits per heavy atom. The van der Waals surface area contributed by atoms with E-state index in [0.29, 0.717) is 32.8 Å². The second kappa shape index (κ2) is 7.82. The van der Waals surface area contributed by atoms with Crippen molar-refractivity contribution in [3.63, 3.8) is 0 Å². The SMILES string of the molecule is CCOc1ccccc1N1CCN(C(=O)C(N)CC(N)=O)CC1. The molecule has 1 aliphatic rings. The van der Waals surface area contributed by atoms with Gasteiger partial charge in [-0.1, -0.05) is 12.1 Å². The molecule has 0 radical (unpaired) electrons.